The fourth-order valence-corrected chi connectivity index (χ4v) is 6.28. The van der Waals surface area contributed by atoms with Crippen molar-refractivity contribution in [2.24, 2.45) is 0 Å². The van der Waals surface area contributed by atoms with Gasteiger partial charge in [0.25, 0.3) is 0 Å². The van der Waals surface area contributed by atoms with Crippen LogP contribution in [0.4, 0.5) is 11.4 Å². The van der Waals surface area contributed by atoms with Crippen LogP contribution in [-0.4, -0.2) is 57.8 Å². The third-order valence-corrected chi connectivity index (χ3v) is 13.2. The lowest BCUT2D eigenvalue weighted by Crippen LogP contribution is -2.51. The number of halogens is 1. The largest absolute Gasteiger partial charge is 0.491 e. The number of anilines is 1. The van der Waals surface area contributed by atoms with Gasteiger partial charge in [0.2, 0.25) is 0 Å². The molecule has 1 aliphatic heterocycles. The zero-order valence-corrected chi connectivity index (χ0v) is 26.6. The minimum Gasteiger partial charge on any atom is -0.491 e. The van der Waals surface area contributed by atoms with Crippen molar-refractivity contribution in [3.8, 4) is 5.75 Å². The van der Waals surface area contributed by atoms with Crippen molar-refractivity contribution in [3.05, 3.63) is 100 Å². The lowest BCUT2D eigenvalue weighted by molar-refractivity contribution is 0.106. The fourth-order valence-electron chi connectivity index (χ4n) is 5.00. The van der Waals surface area contributed by atoms with Crippen LogP contribution in [0.15, 0.2) is 72.8 Å². The van der Waals surface area contributed by atoms with E-state index in [1.165, 1.54) is 11.1 Å². The first-order chi connectivity index (χ1) is 19.5. The van der Waals surface area contributed by atoms with Crippen LogP contribution in [0, 0.1) is 6.57 Å². The number of benzene rings is 3. The maximum atomic E-state index is 9.13. The molecule has 8 heteroatoms. The van der Waals surface area contributed by atoms with Crippen LogP contribution in [0.1, 0.15) is 44.0 Å². The lowest BCUT2D eigenvalue weighted by Gasteiger charge is -2.47. The molecule has 1 aliphatic rings. The van der Waals surface area contributed by atoms with E-state index in [1.807, 2.05) is 36.4 Å². The van der Waals surface area contributed by atoms with Crippen molar-refractivity contribution < 1.29 is 14.3 Å². The molecule has 0 aromatic heterocycles. The molecule has 0 bridgehead atoms. The zero-order chi connectivity index (χ0) is 29.6. The van der Waals surface area contributed by atoms with Crippen molar-refractivity contribution in [1.82, 2.24) is 4.90 Å². The van der Waals surface area contributed by atoms with Gasteiger partial charge in [0, 0.05) is 25.7 Å². The number of hydrogen-bond donors (Lipinski definition) is 1. The molecule has 1 saturated heterocycles. The molecule has 0 spiro atoms. The molecule has 0 radical (unpaired) electrons. The Morgan fingerprint density at radius 3 is 2.37 bits per heavy atom. The van der Waals surface area contributed by atoms with Crippen LogP contribution in [0.25, 0.3) is 4.85 Å². The van der Waals surface area contributed by atoms with Gasteiger partial charge in [-0.1, -0.05) is 87.0 Å². The van der Waals surface area contributed by atoms with E-state index in [4.69, 9.17) is 32.4 Å². The molecular formula is C33H42ClN3O3Si. The number of aliphatic hydroxyl groups is 1. The third kappa shape index (κ3) is 7.51. The summed E-state index contributed by atoms with van der Waals surface area (Å²) in [5.41, 5.74) is 4.00. The van der Waals surface area contributed by atoms with Gasteiger partial charge in [-0.15, -0.1) is 0 Å². The Labute approximate surface area is 251 Å². The van der Waals surface area contributed by atoms with Gasteiger partial charge >= 0.3 is 0 Å². The van der Waals surface area contributed by atoms with E-state index in [9.17, 15) is 0 Å². The van der Waals surface area contributed by atoms with E-state index in [-0.39, 0.29) is 30.3 Å². The maximum Gasteiger partial charge on any atom is 0.192 e. The van der Waals surface area contributed by atoms with E-state index >= 15 is 0 Å². The third-order valence-electron chi connectivity index (χ3n) is 8.44. The topological polar surface area (TPSA) is 49.5 Å². The second-order valence-corrected chi connectivity index (χ2v) is 17.3. The van der Waals surface area contributed by atoms with Gasteiger partial charge in [-0.2, -0.15) is 0 Å². The van der Waals surface area contributed by atoms with Crippen LogP contribution in [-0.2, 0) is 4.43 Å². The zero-order valence-electron chi connectivity index (χ0n) is 24.8. The van der Waals surface area contributed by atoms with Gasteiger partial charge in [0.05, 0.1) is 42.6 Å². The van der Waals surface area contributed by atoms with Crippen LogP contribution in [0.3, 0.4) is 0 Å². The summed E-state index contributed by atoms with van der Waals surface area (Å²) in [7, 11) is -1.98. The highest BCUT2D eigenvalue weighted by Gasteiger charge is 2.39. The average Bonchev–Trinajstić information content (AvgIpc) is 2.96. The quantitative estimate of drug-likeness (QED) is 0.192. The average molecular weight is 592 g/mol. The van der Waals surface area contributed by atoms with Gasteiger partial charge < -0.3 is 19.2 Å². The summed E-state index contributed by atoms with van der Waals surface area (Å²) in [5.74, 6) is 0.647. The summed E-state index contributed by atoms with van der Waals surface area (Å²) in [5, 5.41) is 9.86. The summed E-state index contributed by atoms with van der Waals surface area (Å²) in [6.45, 7) is 22.0. The van der Waals surface area contributed by atoms with E-state index < -0.39 is 8.32 Å². The van der Waals surface area contributed by atoms with E-state index in [1.54, 1.807) is 0 Å². The standard InChI is InChI=1S/C33H42ClN3O3Si/c1-33(2,3)41(5,6)40-24-32(26-12-14-27(35-4)15-13-26)36-18-19-37(31(23-36)25-10-8-7-9-11-25)30-17-16-28(22-29(30)34)39-21-20-38/h7-17,22,31-32,38H,18-21,23-24H2,1-3,5-6H3/t31-,32+/m0/s1. The molecule has 6 nitrogen and oxygen atoms in total. The molecular weight excluding hydrogens is 550 g/mol. The van der Waals surface area contributed by atoms with Crippen molar-refractivity contribution in [3.63, 3.8) is 0 Å². The van der Waals surface area contributed by atoms with Gasteiger partial charge in [0.1, 0.15) is 12.4 Å². The van der Waals surface area contributed by atoms with Crippen LogP contribution >= 0.6 is 11.6 Å². The molecule has 1 heterocycles. The molecule has 0 amide bonds. The Hall–Kier alpha value is -2.86. The summed E-state index contributed by atoms with van der Waals surface area (Å²) >= 11 is 6.82. The number of hydrogen-bond acceptors (Lipinski definition) is 5. The molecule has 2 atom stereocenters. The van der Waals surface area contributed by atoms with Crippen molar-refractivity contribution in [2.45, 2.75) is 51.0 Å². The minimum absolute atomic E-state index is 0.0433. The molecule has 1 N–H and O–H groups in total. The smallest absolute Gasteiger partial charge is 0.192 e. The minimum atomic E-state index is -1.98. The molecule has 218 valence electrons. The molecule has 3 aromatic rings. The lowest BCUT2D eigenvalue weighted by atomic mass is 9.98. The molecule has 4 rings (SSSR count). The molecule has 1 fully saturated rings. The first-order valence-electron chi connectivity index (χ1n) is 14.2. The highest BCUT2D eigenvalue weighted by molar-refractivity contribution is 6.74. The number of piperazine rings is 1. The number of rotatable bonds is 10. The highest BCUT2D eigenvalue weighted by atomic mass is 35.5. The molecule has 0 aliphatic carbocycles. The second-order valence-electron chi connectivity index (χ2n) is 12.1. The molecule has 41 heavy (non-hydrogen) atoms. The Morgan fingerprint density at radius 1 is 1.05 bits per heavy atom. The SMILES string of the molecule is [C-]#[N+]c1ccc([C@@H](CO[Si](C)(C)C(C)(C)C)N2CCN(c3ccc(OCCO)cc3Cl)[C@H](c3ccccc3)C2)cc1. The van der Waals surface area contributed by atoms with Gasteiger partial charge in [-0.3, -0.25) is 4.90 Å². The van der Waals surface area contributed by atoms with Crippen molar-refractivity contribution in [1.29, 1.82) is 0 Å². The first kappa shape index (κ1) is 31.1. The van der Waals surface area contributed by atoms with E-state index in [0.29, 0.717) is 23.1 Å². The number of nitrogens with zero attached hydrogens (tertiary/aromatic N) is 3. The normalized spacial score (nSPS) is 17.2. The summed E-state index contributed by atoms with van der Waals surface area (Å²) in [6, 6.07) is 24.4. The van der Waals surface area contributed by atoms with Crippen LogP contribution < -0.4 is 9.64 Å². The predicted octanol–water partition coefficient (Wildman–Crippen LogP) is 7.89. The van der Waals surface area contributed by atoms with Gasteiger partial charge in [-0.05, 0) is 41.4 Å². The predicted molar refractivity (Wildman–Crippen MR) is 171 cm³/mol. The Kier molecular flexibility index (Phi) is 10.2. The molecule has 0 saturated carbocycles. The Morgan fingerprint density at radius 2 is 1.76 bits per heavy atom. The number of ether oxygens (including phenoxy) is 1. The van der Waals surface area contributed by atoms with Crippen molar-refractivity contribution in [2.75, 3.05) is 44.4 Å². The van der Waals surface area contributed by atoms with Crippen LogP contribution in [0.5, 0.6) is 5.75 Å². The van der Waals surface area contributed by atoms with Gasteiger partial charge in [-0.25, -0.2) is 4.85 Å². The highest BCUT2D eigenvalue weighted by Crippen LogP contribution is 2.41. The second kappa shape index (κ2) is 13.4. The van der Waals surface area contributed by atoms with Gasteiger partial charge in [0.15, 0.2) is 14.0 Å². The van der Waals surface area contributed by atoms with Crippen molar-refractivity contribution >= 4 is 31.3 Å². The molecule has 3 aromatic carbocycles. The summed E-state index contributed by atoms with van der Waals surface area (Å²) in [4.78, 5) is 8.51. The maximum absolute atomic E-state index is 9.13. The first-order valence-corrected chi connectivity index (χ1v) is 17.5. The Bertz CT molecular complexity index is 1320. The number of aliphatic hydroxyl groups excluding tert-OH is 1. The fraction of sp³-hybridized carbons (Fsp3) is 0.424. The monoisotopic (exact) mass is 591 g/mol. The van der Waals surface area contributed by atoms with Crippen LogP contribution in [0.2, 0.25) is 23.2 Å². The van der Waals surface area contributed by atoms with E-state index in [2.05, 4.69) is 84.9 Å². The summed E-state index contributed by atoms with van der Waals surface area (Å²) < 4.78 is 12.4. The van der Waals surface area contributed by atoms with E-state index in [0.717, 1.165) is 25.3 Å². The molecule has 0 unspecified atom stereocenters. The Balaban J connectivity index is 1.66. The summed E-state index contributed by atoms with van der Waals surface area (Å²) in [6.07, 6.45) is 0.